The number of ketones is 1. The number of alkyl halides is 3. The van der Waals surface area contributed by atoms with Gasteiger partial charge in [0.15, 0.2) is 5.78 Å². The summed E-state index contributed by atoms with van der Waals surface area (Å²) in [5.41, 5.74) is 14.2. The molecule has 3 rings (SSSR count). The largest absolute Gasteiger partial charge is 0.573 e. The first-order chi connectivity index (χ1) is 16.9. The van der Waals surface area contributed by atoms with Gasteiger partial charge in [0, 0.05) is 12.2 Å². The third kappa shape index (κ3) is 7.69. The number of halogens is 3. The van der Waals surface area contributed by atoms with Crippen molar-refractivity contribution in [1.29, 1.82) is 0 Å². The number of hydrogen-bond donors (Lipinski definition) is 3. The van der Waals surface area contributed by atoms with Gasteiger partial charge < -0.3 is 21.5 Å². The number of carbonyl (C=O) groups excluding carboxylic acids is 2. The number of likely N-dealkylation sites (tertiary alicyclic amines) is 1. The van der Waals surface area contributed by atoms with Crippen LogP contribution >= 0.6 is 0 Å². The summed E-state index contributed by atoms with van der Waals surface area (Å²) in [5, 5.41) is 2.41. The summed E-state index contributed by atoms with van der Waals surface area (Å²) in [6.07, 6.45) is -3.38. The number of nitrogens with two attached hydrogens (primary N) is 2. The van der Waals surface area contributed by atoms with Crippen molar-refractivity contribution in [2.75, 3.05) is 25.4 Å². The van der Waals surface area contributed by atoms with E-state index in [4.69, 9.17) is 11.5 Å². The molecule has 0 aliphatic carbocycles. The van der Waals surface area contributed by atoms with Crippen LogP contribution in [0.1, 0.15) is 54.1 Å². The Morgan fingerprint density at radius 2 is 1.75 bits per heavy atom. The van der Waals surface area contributed by atoms with Crippen LogP contribution in [-0.2, 0) is 11.3 Å². The lowest BCUT2D eigenvalue weighted by atomic mass is 9.87. The van der Waals surface area contributed by atoms with E-state index in [0.29, 0.717) is 5.92 Å². The van der Waals surface area contributed by atoms with E-state index >= 15 is 0 Å². The lowest BCUT2D eigenvalue weighted by Crippen LogP contribution is -2.47. The summed E-state index contributed by atoms with van der Waals surface area (Å²) < 4.78 is 41.2. The second-order valence-electron chi connectivity index (χ2n) is 9.48. The van der Waals surface area contributed by atoms with Crippen molar-refractivity contribution in [1.82, 2.24) is 10.2 Å². The smallest absolute Gasteiger partial charge is 0.406 e. The molecular weight excluding hydrogens is 473 g/mol. The van der Waals surface area contributed by atoms with Crippen LogP contribution in [0.2, 0.25) is 0 Å². The minimum absolute atomic E-state index is 0.0115. The van der Waals surface area contributed by atoms with Crippen molar-refractivity contribution in [2.24, 2.45) is 11.7 Å². The lowest BCUT2D eigenvalue weighted by Gasteiger charge is -2.34. The fourth-order valence-corrected chi connectivity index (χ4v) is 4.31. The number of nitrogens with one attached hydrogen (secondary N) is 1. The third-order valence-electron chi connectivity index (χ3n) is 6.49. The van der Waals surface area contributed by atoms with Gasteiger partial charge in [0.1, 0.15) is 5.75 Å². The van der Waals surface area contributed by atoms with Gasteiger partial charge >= 0.3 is 6.36 Å². The van der Waals surface area contributed by atoms with Gasteiger partial charge in [0.25, 0.3) is 5.91 Å². The number of rotatable bonds is 9. The van der Waals surface area contributed by atoms with Crippen molar-refractivity contribution < 1.29 is 27.5 Å². The van der Waals surface area contributed by atoms with E-state index in [1.165, 1.54) is 11.1 Å². The lowest BCUT2D eigenvalue weighted by molar-refractivity contribution is -0.274. The molecule has 0 bridgehead atoms. The molecular formula is C26H33F3N4O3. The number of ether oxygens (including phenoxy) is 1. The van der Waals surface area contributed by atoms with Crippen molar-refractivity contribution in [2.45, 2.75) is 51.6 Å². The van der Waals surface area contributed by atoms with E-state index in [0.717, 1.165) is 50.7 Å². The highest BCUT2D eigenvalue weighted by atomic mass is 19.4. The molecule has 1 aliphatic heterocycles. The average Bonchev–Trinajstić information content (AvgIpc) is 2.83. The Balaban J connectivity index is 1.47. The maximum Gasteiger partial charge on any atom is 0.573 e. The monoisotopic (exact) mass is 506 g/mol. The van der Waals surface area contributed by atoms with Crippen LogP contribution < -0.4 is 21.5 Å². The molecule has 1 atom stereocenters. The van der Waals surface area contributed by atoms with Gasteiger partial charge in [-0.15, -0.1) is 13.2 Å². The highest BCUT2D eigenvalue weighted by Gasteiger charge is 2.32. The number of nitrogen functional groups attached to an aromatic ring is 1. The van der Waals surface area contributed by atoms with Gasteiger partial charge in [0.05, 0.1) is 18.2 Å². The third-order valence-corrected chi connectivity index (χ3v) is 6.49. The average molecular weight is 507 g/mol. The molecule has 1 unspecified atom stereocenters. The Hall–Kier alpha value is -3.11. The van der Waals surface area contributed by atoms with E-state index < -0.39 is 24.1 Å². The first kappa shape index (κ1) is 27.5. The SMILES string of the molecule is CC(C)c1ccc(CN2CCC(C(N)C(=O)CNC(=O)c3cc(OC(F)(F)F)ccc3N)CC2)cc1. The maximum absolute atomic E-state index is 12.6. The summed E-state index contributed by atoms with van der Waals surface area (Å²) in [5.74, 6) is -1.22. The van der Waals surface area contributed by atoms with Crippen LogP contribution in [0.15, 0.2) is 42.5 Å². The molecule has 0 aromatic heterocycles. The first-order valence-corrected chi connectivity index (χ1v) is 12.0. The molecule has 2 aromatic rings. The number of nitrogens with zero attached hydrogens (tertiary/aromatic N) is 1. The molecule has 36 heavy (non-hydrogen) atoms. The Bertz CT molecular complexity index is 1050. The van der Waals surface area contributed by atoms with Crippen molar-refractivity contribution in [3.05, 3.63) is 59.2 Å². The highest BCUT2D eigenvalue weighted by molar-refractivity contribution is 6.01. The Labute approximate surface area is 209 Å². The van der Waals surface area contributed by atoms with Gasteiger partial charge in [-0.1, -0.05) is 38.1 Å². The zero-order valence-electron chi connectivity index (χ0n) is 20.5. The molecule has 1 amide bonds. The van der Waals surface area contributed by atoms with Crippen molar-refractivity contribution in [3.63, 3.8) is 0 Å². The minimum Gasteiger partial charge on any atom is -0.406 e. The topological polar surface area (TPSA) is 111 Å². The molecule has 1 saturated heterocycles. The minimum atomic E-state index is -4.90. The molecule has 7 nitrogen and oxygen atoms in total. The van der Waals surface area contributed by atoms with E-state index in [2.05, 4.69) is 53.1 Å². The molecule has 1 fully saturated rings. The van der Waals surface area contributed by atoms with Crippen LogP contribution in [-0.4, -0.2) is 48.6 Å². The molecule has 0 saturated carbocycles. The fourth-order valence-electron chi connectivity index (χ4n) is 4.31. The highest BCUT2D eigenvalue weighted by Crippen LogP contribution is 2.26. The molecule has 10 heteroatoms. The second kappa shape index (κ2) is 11.7. The normalized spacial score (nSPS) is 16.1. The first-order valence-electron chi connectivity index (χ1n) is 12.0. The quantitative estimate of drug-likeness (QED) is 0.446. The van der Waals surface area contributed by atoms with Crippen molar-refractivity contribution >= 4 is 17.4 Å². The molecule has 5 N–H and O–H groups in total. The predicted molar refractivity (Wildman–Crippen MR) is 131 cm³/mol. The molecule has 0 spiro atoms. The standard InChI is InChI=1S/C26H33F3N4O3/c1-16(2)18-5-3-17(4-6-18)15-33-11-9-19(10-12-33)24(31)23(34)14-32-25(35)21-13-20(7-8-22(21)30)36-26(27,28)29/h3-8,13,16,19,24H,9-12,14-15,30-31H2,1-2H3,(H,32,35). The summed E-state index contributed by atoms with van der Waals surface area (Å²) in [4.78, 5) is 27.4. The van der Waals surface area contributed by atoms with Crippen LogP contribution in [0, 0.1) is 5.92 Å². The summed E-state index contributed by atoms with van der Waals surface area (Å²) in [6.45, 7) is 6.44. The maximum atomic E-state index is 12.6. The Morgan fingerprint density at radius 1 is 1.11 bits per heavy atom. The molecule has 1 heterocycles. The Morgan fingerprint density at radius 3 is 2.33 bits per heavy atom. The van der Waals surface area contributed by atoms with E-state index in [1.807, 2.05) is 0 Å². The predicted octanol–water partition coefficient (Wildman–Crippen LogP) is 3.83. The van der Waals surface area contributed by atoms with Gasteiger partial charge in [-0.2, -0.15) is 0 Å². The van der Waals surface area contributed by atoms with Gasteiger partial charge in [-0.25, -0.2) is 0 Å². The Kier molecular flexibility index (Phi) is 8.97. The summed E-state index contributed by atoms with van der Waals surface area (Å²) in [6, 6.07) is 10.9. The zero-order valence-corrected chi connectivity index (χ0v) is 20.5. The molecule has 0 radical (unpaired) electrons. The fraction of sp³-hybridized carbons (Fsp3) is 0.462. The zero-order chi connectivity index (χ0) is 26.5. The van der Waals surface area contributed by atoms with E-state index in [1.54, 1.807) is 0 Å². The van der Waals surface area contributed by atoms with Gasteiger partial charge in [-0.05, 0) is 67.1 Å². The summed E-state index contributed by atoms with van der Waals surface area (Å²) >= 11 is 0. The van der Waals surface area contributed by atoms with Crippen LogP contribution in [0.4, 0.5) is 18.9 Å². The molecule has 1 aliphatic rings. The van der Waals surface area contributed by atoms with E-state index in [-0.39, 0.29) is 29.5 Å². The second-order valence-corrected chi connectivity index (χ2v) is 9.48. The number of hydrogen-bond acceptors (Lipinski definition) is 6. The number of Topliss-reactive ketones (excluding diaryl/α,β-unsaturated/α-hetero) is 1. The number of carbonyl (C=O) groups is 2. The molecule has 196 valence electrons. The van der Waals surface area contributed by atoms with Crippen LogP contribution in [0.5, 0.6) is 5.75 Å². The van der Waals surface area contributed by atoms with Crippen LogP contribution in [0.25, 0.3) is 0 Å². The number of piperidine rings is 1. The van der Waals surface area contributed by atoms with E-state index in [9.17, 15) is 22.8 Å². The van der Waals surface area contributed by atoms with Crippen LogP contribution in [0.3, 0.4) is 0 Å². The molecule has 2 aromatic carbocycles. The number of amides is 1. The van der Waals surface area contributed by atoms with Gasteiger partial charge in [-0.3, -0.25) is 14.5 Å². The number of anilines is 1. The number of benzene rings is 2. The summed E-state index contributed by atoms with van der Waals surface area (Å²) in [7, 11) is 0. The van der Waals surface area contributed by atoms with Crippen molar-refractivity contribution in [3.8, 4) is 5.75 Å². The van der Waals surface area contributed by atoms with Gasteiger partial charge in [0.2, 0.25) is 0 Å².